The molecular formula is C14H15NO4. The van der Waals surface area contributed by atoms with E-state index in [9.17, 15) is 4.79 Å². The highest BCUT2D eigenvalue weighted by atomic mass is 16.5. The van der Waals surface area contributed by atoms with Gasteiger partial charge in [-0.1, -0.05) is 0 Å². The number of carbonyl (C=O) groups is 1. The van der Waals surface area contributed by atoms with E-state index in [4.69, 9.17) is 9.15 Å². The van der Waals surface area contributed by atoms with Crippen LogP contribution in [0.25, 0.3) is 0 Å². The number of hydrogen-bond acceptors (Lipinski definition) is 5. The van der Waals surface area contributed by atoms with Crippen LogP contribution in [0, 0.1) is 6.92 Å². The minimum atomic E-state index is -0.504. The van der Waals surface area contributed by atoms with E-state index in [0.717, 1.165) is 5.69 Å². The first-order valence-electron chi connectivity index (χ1n) is 5.88. The van der Waals surface area contributed by atoms with Crippen LogP contribution in [0.1, 0.15) is 35.0 Å². The molecule has 2 aromatic heterocycles. The number of hydrogen-bond donors (Lipinski definition) is 0. The molecule has 0 amide bonds. The van der Waals surface area contributed by atoms with E-state index in [2.05, 4.69) is 9.72 Å². The van der Waals surface area contributed by atoms with Gasteiger partial charge in [0.05, 0.1) is 12.8 Å². The molecule has 1 unspecified atom stereocenters. The molecule has 0 aliphatic heterocycles. The Bertz CT molecular complexity index is 576. The molecule has 0 spiro atoms. The lowest BCUT2D eigenvalue weighted by molar-refractivity contribution is 0.0558. The number of esters is 1. The van der Waals surface area contributed by atoms with Crippen molar-refractivity contribution in [2.24, 2.45) is 0 Å². The predicted octanol–water partition coefficient (Wildman–Crippen LogP) is 2.91. The zero-order chi connectivity index (χ0) is 13.8. The Morgan fingerprint density at radius 2 is 2.16 bits per heavy atom. The summed E-state index contributed by atoms with van der Waals surface area (Å²) in [5.74, 6) is 0.904. The minimum Gasteiger partial charge on any atom is -0.481 e. The molecule has 0 saturated heterocycles. The third kappa shape index (κ3) is 2.93. The van der Waals surface area contributed by atoms with Gasteiger partial charge >= 0.3 is 5.97 Å². The van der Waals surface area contributed by atoms with Crippen molar-refractivity contribution in [1.29, 1.82) is 0 Å². The Morgan fingerprint density at radius 1 is 1.37 bits per heavy atom. The minimum absolute atomic E-state index is 0.163. The summed E-state index contributed by atoms with van der Waals surface area (Å²) in [4.78, 5) is 15.4. The maximum atomic E-state index is 11.3. The van der Waals surface area contributed by atoms with Crippen molar-refractivity contribution in [1.82, 2.24) is 4.98 Å². The van der Waals surface area contributed by atoms with Gasteiger partial charge in [0.1, 0.15) is 11.5 Å². The topological polar surface area (TPSA) is 61.6 Å². The molecule has 2 rings (SSSR count). The maximum absolute atomic E-state index is 11.3. The smallest absolute Gasteiger partial charge is 0.373 e. The van der Waals surface area contributed by atoms with Gasteiger partial charge in [-0.2, -0.15) is 0 Å². The van der Waals surface area contributed by atoms with Crippen molar-refractivity contribution in [2.75, 3.05) is 7.11 Å². The van der Waals surface area contributed by atoms with Gasteiger partial charge in [0.15, 0.2) is 6.10 Å². The Hall–Kier alpha value is -2.30. The molecule has 0 bridgehead atoms. The summed E-state index contributed by atoms with van der Waals surface area (Å²) in [6.45, 7) is 3.70. The quantitative estimate of drug-likeness (QED) is 0.792. The maximum Gasteiger partial charge on any atom is 0.373 e. The largest absolute Gasteiger partial charge is 0.481 e. The van der Waals surface area contributed by atoms with Crippen LogP contribution in [0.5, 0.6) is 5.75 Å². The van der Waals surface area contributed by atoms with Crippen LogP contribution >= 0.6 is 0 Å². The summed E-state index contributed by atoms with van der Waals surface area (Å²) in [6.07, 6.45) is 1.39. The molecule has 0 fully saturated rings. The number of furan rings is 1. The van der Waals surface area contributed by atoms with E-state index < -0.39 is 5.97 Å². The number of aromatic nitrogens is 1. The van der Waals surface area contributed by atoms with Gasteiger partial charge in [-0.3, -0.25) is 4.98 Å². The number of aryl methyl sites for hydroxylation is 1. The second kappa shape index (κ2) is 5.56. The van der Waals surface area contributed by atoms with E-state index in [1.54, 1.807) is 24.4 Å². The number of pyridine rings is 1. The van der Waals surface area contributed by atoms with Crippen LogP contribution in [0.2, 0.25) is 0 Å². The summed E-state index contributed by atoms with van der Waals surface area (Å²) in [7, 11) is 1.31. The third-order valence-corrected chi connectivity index (χ3v) is 2.68. The SMILES string of the molecule is COC(=O)c1ccc(C(C)Oc2cccnc2C)o1. The zero-order valence-electron chi connectivity index (χ0n) is 11.0. The molecule has 2 aromatic rings. The molecule has 1 atom stereocenters. The van der Waals surface area contributed by atoms with Gasteiger partial charge in [-0.25, -0.2) is 4.79 Å². The number of methoxy groups -OCH3 is 1. The van der Waals surface area contributed by atoms with Crippen LogP contribution in [-0.2, 0) is 4.74 Å². The van der Waals surface area contributed by atoms with Crippen molar-refractivity contribution < 1.29 is 18.7 Å². The summed E-state index contributed by atoms with van der Waals surface area (Å²) in [5, 5.41) is 0. The molecule has 19 heavy (non-hydrogen) atoms. The standard InChI is InChI=1S/C14H15NO4/c1-9-11(5-4-8-15-9)18-10(2)12-6-7-13(19-12)14(16)17-3/h4-8,10H,1-3H3. The van der Waals surface area contributed by atoms with Crippen molar-refractivity contribution in [3.63, 3.8) is 0 Å². The molecule has 0 aliphatic carbocycles. The fourth-order valence-electron chi connectivity index (χ4n) is 1.62. The third-order valence-electron chi connectivity index (χ3n) is 2.68. The highest BCUT2D eigenvalue weighted by Crippen LogP contribution is 2.24. The summed E-state index contributed by atoms with van der Waals surface area (Å²) < 4.78 is 15.7. The van der Waals surface area contributed by atoms with E-state index in [-0.39, 0.29) is 11.9 Å². The average Bonchev–Trinajstić information content (AvgIpc) is 2.90. The molecule has 0 radical (unpaired) electrons. The fourth-order valence-corrected chi connectivity index (χ4v) is 1.62. The summed E-state index contributed by atoms with van der Waals surface area (Å²) in [5.41, 5.74) is 0.800. The zero-order valence-corrected chi connectivity index (χ0v) is 11.0. The Morgan fingerprint density at radius 3 is 2.84 bits per heavy atom. The van der Waals surface area contributed by atoms with Crippen LogP contribution < -0.4 is 4.74 Å². The van der Waals surface area contributed by atoms with E-state index in [0.29, 0.717) is 11.5 Å². The van der Waals surface area contributed by atoms with E-state index in [1.165, 1.54) is 7.11 Å². The lowest BCUT2D eigenvalue weighted by atomic mass is 10.3. The van der Waals surface area contributed by atoms with Crippen LogP contribution in [0.4, 0.5) is 0 Å². The second-order valence-corrected chi connectivity index (χ2v) is 4.04. The van der Waals surface area contributed by atoms with E-state index in [1.807, 2.05) is 19.9 Å². The van der Waals surface area contributed by atoms with E-state index >= 15 is 0 Å². The highest BCUT2D eigenvalue weighted by molar-refractivity contribution is 5.86. The number of carbonyl (C=O) groups excluding carboxylic acids is 1. The fraction of sp³-hybridized carbons (Fsp3) is 0.286. The monoisotopic (exact) mass is 261 g/mol. The number of nitrogens with zero attached hydrogens (tertiary/aromatic N) is 1. The number of ether oxygens (including phenoxy) is 2. The molecule has 5 nitrogen and oxygen atoms in total. The molecule has 0 aromatic carbocycles. The van der Waals surface area contributed by atoms with Crippen molar-refractivity contribution in [3.8, 4) is 5.75 Å². The molecule has 0 N–H and O–H groups in total. The first-order chi connectivity index (χ1) is 9.11. The number of rotatable bonds is 4. The molecule has 0 saturated carbocycles. The van der Waals surface area contributed by atoms with Crippen molar-refractivity contribution in [3.05, 3.63) is 47.7 Å². The Balaban J connectivity index is 2.12. The van der Waals surface area contributed by atoms with Gasteiger partial charge in [0.25, 0.3) is 0 Å². The van der Waals surface area contributed by atoms with Gasteiger partial charge in [-0.05, 0) is 38.1 Å². The average molecular weight is 261 g/mol. The van der Waals surface area contributed by atoms with Crippen LogP contribution in [0.3, 0.4) is 0 Å². The molecule has 2 heterocycles. The Kier molecular flexibility index (Phi) is 3.85. The second-order valence-electron chi connectivity index (χ2n) is 4.04. The Labute approximate surface area is 111 Å². The highest BCUT2D eigenvalue weighted by Gasteiger charge is 2.17. The first kappa shape index (κ1) is 13.1. The normalized spacial score (nSPS) is 11.9. The van der Waals surface area contributed by atoms with Crippen LogP contribution in [-0.4, -0.2) is 18.1 Å². The molecule has 100 valence electrons. The van der Waals surface area contributed by atoms with Gasteiger partial charge < -0.3 is 13.9 Å². The van der Waals surface area contributed by atoms with Gasteiger partial charge in [0, 0.05) is 6.20 Å². The first-order valence-corrected chi connectivity index (χ1v) is 5.88. The van der Waals surface area contributed by atoms with Gasteiger partial charge in [-0.15, -0.1) is 0 Å². The van der Waals surface area contributed by atoms with Crippen molar-refractivity contribution >= 4 is 5.97 Å². The molecular weight excluding hydrogens is 246 g/mol. The lowest BCUT2D eigenvalue weighted by Gasteiger charge is -2.13. The summed E-state index contributed by atoms with van der Waals surface area (Å²) in [6, 6.07) is 6.90. The molecule has 5 heteroatoms. The van der Waals surface area contributed by atoms with Crippen LogP contribution in [0.15, 0.2) is 34.9 Å². The van der Waals surface area contributed by atoms with Gasteiger partial charge in [0.2, 0.25) is 5.76 Å². The predicted molar refractivity (Wildman–Crippen MR) is 68.1 cm³/mol. The lowest BCUT2D eigenvalue weighted by Crippen LogP contribution is -2.04. The van der Waals surface area contributed by atoms with Crippen molar-refractivity contribution in [2.45, 2.75) is 20.0 Å². The summed E-state index contributed by atoms with van der Waals surface area (Å²) >= 11 is 0. The molecule has 0 aliphatic rings.